The molecule has 0 spiro atoms. The average molecular weight is 155 g/mol. The SMILES string of the molecule is C=CC(CC)C1CNCCO1. The predicted octanol–water partition coefficient (Wildman–Crippen LogP) is 1.19. The van der Waals surface area contributed by atoms with Gasteiger partial charge in [0.2, 0.25) is 0 Å². The largest absolute Gasteiger partial charge is 0.375 e. The van der Waals surface area contributed by atoms with E-state index in [-0.39, 0.29) is 0 Å². The Morgan fingerprint density at radius 2 is 2.64 bits per heavy atom. The van der Waals surface area contributed by atoms with Gasteiger partial charge in [0, 0.05) is 19.0 Å². The highest BCUT2D eigenvalue weighted by atomic mass is 16.5. The normalized spacial score (nSPS) is 27.9. The standard InChI is InChI=1S/C9H17NO/c1-3-8(4-2)9-7-10-5-6-11-9/h3,8-10H,1,4-7H2,2H3. The van der Waals surface area contributed by atoms with Crippen LogP contribution in [0.15, 0.2) is 12.7 Å². The molecule has 2 unspecified atom stereocenters. The Labute approximate surface area is 68.6 Å². The number of hydrogen-bond donors (Lipinski definition) is 1. The molecule has 1 aliphatic heterocycles. The summed E-state index contributed by atoms with van der Waals surface area (Å²) in [5.74, 6) is 0.516. The van der Waals surface area contributed by atoms with Crippen LogP contribution in [0.1, 0.15) is 13.3 Å². The van der Waals surface area contributed by atoms with Gasteiger partial charge >= 0.3 is 0 Å². The highest BCUT2D eigenvalue weighted by molar-refractivity contribution is 4.86. The molecule has 1 N–H and O–H groups in total. The molecule has 2 atom stereocenters. The summed E-state index contributed by atoms with van der Waals surface area (Å²) in [6, 6.07) is 0. The van der Waals surface area contributed by atoms with Gasteiger partial charge in [-0.1, -0.05) is 13.0 Å². The van der Waals surface area contributed by atoms with E-state index in [0.29, 0.717) is 12.0 Å². The van der Waals surface area contributed by atoms with E-state index in [1.54, 1.807) is 0 Å². The van der Waals surface area contributed by atoms with Crippen molar-refractivity contribution >= 4 is 0 Å². The summed E-state index contributed by atoms with van der Waals surface area (Å²) in [6.07, 6.45) is 3.47. The van der Waals surface area contributed by atoms with E-state index in [1.807, 2.05) is 6.08 Å². The molecule has 2 heteroatoms. The molecule has 1 rings (SSSR count). The van der Waals surface area contributed by atoms with E-state index < -0.39 is 0 Å². The Bertz CT molecular complexity index is 119. The third-order valence-electron chi connectivity index (χ3n) is 2.21. The molecular formula is C9H17NO. The van der Waals surface area contributed by atoms with Crippen LogP contribution in [0.2, 0.25) is 0 Å². The van der Waals surface area contributed by atoms with Gasteiger partial charge in [0.15, 0.2) is 0 Å². The van der Waals surface area contributed by atoms with Crippen molar-refractivity contribution in [2.24, 2.45) is 5.92 Å². The summed E-state index contributed by atoms with van der Waals surface area (Å²) in [7, 11) is 0. The molecule has 1 saturated heterocycles. The van der Waals surface area contributed by atoms with Crippen LogP contribution >= 0.6 is 0 Å². The summed E-state index contributed by atoms with van der Waals surface area (Å²) >= 11 is 0. The molecule has 2 nitrogen and oxygen atoms in total. The molecule has 64 valence electrons. The van der Waals surface area contributed by atoms with E-state index in [9.17, 15) is 0 Å². The first-order chi connectivity index (χ1) is 5.38. The van der Waals surface area contributed by atoms with Crippen LogP contribution in [0.4, 0.5) is 0 Å². The third kappa shape index (κ3) is 2.31. The second-order valence-corrected chi connectivity index (χ2v) is 2.92. The Kier molecular flexibility index (Phi) is 3.60. The average Bonchev–Trinajstić information content (AvgIpc) is 2.09. The monoisotopic (exact) mass is 155 g/mol. The Morgan fingerprint density at radius 3 is 3.09 bits per heavy atom. The highest BCUT2D eigenvalue weighted by Crippen LogP contribution is 2.14. The number of morpholine rings is 1. The van der Waals surface area contributed by atoms with Gasteiger partial charge in [-0.2, -0.15) is 0 Å². The number of ether oxygens (including phenoxy) is 1. The third-order valence-corrected chi connectivity index (χ3v) is 2.21. The molecule has 0 saturated carbocycles. The number of nitrogens with one attached hydrogen (secondary N) is 1. The molecule has 0 bridgehead atoms. The lowest BCUT2D eigenvalue weighted by Crippen LogP contribution is -2.42. The molecule has 0 aromatic heterocycles. The molecule has 1 fully saturated rings. The van der Waals surface area contributed by atoms with Gasteiger partial charge in [-0.15, -0.1) is 6.58 Å². The van der Waals surface area contributed by atoms with Crippen LogP contribution in [0.3, 0.4) is 0 Å². The lowest BCUT2D eigenvalue weighted by Gasteiger charge is -2.28. The van der Waals surface area contributed by atoms with Gasteiger partial charge in [0.05, 0.1) is 12.7 Å². The van der Waals surface area contributed by atoms with E-state index in [0.717, 1.165) is 26.1 Å². The fraction of sp³-hybridized carbons (Fsp3) is 0.778. The predicted molar refractivity (Wildman–Crippen MR) is 46.6 cm³/mol. The maximum Gasteiger partial charge on any atom is 0.0762 e. The van der Waals surface area contributed by atoms with Gasteiger partial charge in [-0.25, -0.2) is 0 Å². The quantitative estimate of drug-likeness (QED) is 0.618. The minimum absolute atomic E-state index is 0.353. The first-order valence-corrected chi connectivity index (χ1v) is 4.33. The first-order valence-electron chi connectivity index (χ1n) is 4.33. The van der Waals surface area contributed by atoms with Crippen molar-refractivity contribution in [2.75, 3.05) is 19.7 Å². The van der Waals surface area contributed by atoms with E-state index in [4.69, 9.17) is 4.74 Å². The lowest BCUT2D eigenvalue weighted by atomic mass is 9.99. The smallest absolute Gasteiger partial charge is 0.0762 e. The number of rotatable bonds is 3. The maximum absolute atomic E-state index is 5.59. The van der Waals surface area contributed by atoms with Crippen molar-refractivity contribution in [2.45, 2.75) is 19.4 Å². The van der Waals surface area contributed by atoms with Crippen molar-refractivity contribution < 1.29 is 4.74 Å². The zero-order chi connectivity index (χ0) is 8.10. The lowest BCUT2D eigenvalue weighted by molar-refractivity contribution is 0.00244. The second-order valence-electron chi connectivity index (χ2n) is 2.92. The van der Waals surface area contributed by atoms with Gasteiger partial charge in [0.25, 0.3) is 0 Å². The first kappa shape index (κ1) is 8.75. The summed E-state index contributed by atoms with van der Waals surface area (Å²) in [6.45, 7) is 8.78. The van der Waals surface area contributed by atoms with Gasteiger partial charge in [-0.05, 0) is 6.42 Å². The molecular weight excluding hydrogens is 138 g/mol. The van der Waals surface area contributed by atoms with Crippen molar-refractivity contribution in [1.29, 1.82) is 0 Å². The second kappa shape index (κ2) is 4.52. The molecule has 11 heavy (non-hydrogen) atoms. The molecule has 0 radical (unpaired) electrons. The summed E-state index contributed by atoms with van der Waals surface area (Å²) < 4.78 is 5.59. The molecule has 1 aliphatic rings. The highest BCUT2D eigenvalue weighted by Gasteiger charge is 2.19. The van der Waals surface area contributed by atoms with Gasteiger partial charge in [0.1, 0.15) is 0 Å². The Balaban J connectivity index is 2.35. The maximum atomic E-state index is 5.59. The zero-order valence-electron chi connectivity index (χ0n) is 7.18. The Hall–Kier alpha value is -0.340. The van der Waals surface area contributed by atoms with Gasteiger partial charge in [-0.3, -0.25) is 0 Å². The Morgan fingerprint density at radius 1 is 1.82 bits per heavy atom. The van der Waals surface area contributed by atoms with Crippen molar-refractivity contribution in [1.82, 2.24) is 5.32 Å². The van der Waals surface area contributed by atoms with Crippen molar-refractivity contribution in [3.63, 3.8) is 0 Å². The minimum Gasteiger partial charge on any atom is -0.375 e. The molecule has 0 amide bonds. The van der Waals surface area contributed by atoms with E-state index in [2.05, 4.69) is 18.8 Å². The fourth-order valence-corrected chi connectivity index (χ4v) is 1.44. The van der Waals surface area contributed by atoms with Crippen LogP contribution in [0.25, 0.3) is 0 Å². The minimum atomic E-state index is 0.353. The van der Waals surface area contributed by atoms with Crippen molar-refractivity contribution in [3.05, 3.63) is 12.7 Å². The van der Waals surface area contributed by atoms with Crippen LogP contribution in [0.5, 0.6) is 0 Å². The van der Waals surface area contributed by atoms with E-state index >= 15 is 0 Å². The summed E-state index contributed by atoms with van der Waals surface area (Å²) in [5.41, 5.74) is 0. The molecule has 1 heterocycles. The number of hydrogen-bond acceptors (Lipinski definition) is 2. The van der Waals surface area contributed by atoms with Crippen LogP contribution in [0, 0.1) is 5.92 Å². The molecule has 0 aliphatic carbocycles. The summed E-state index contributed by atoms with van der Waals surface area (Å²) in [4.78, 5) is 0. The molecule has 0 aromatic carbocycles. The van der Waals surface area contributed by atoms with Crippen molar-refractivity contribution in [3.8, 4) is 0 Å². The van der Waals surface area contributed by atoms with Gasteiger partial charge < -0.3 is 10.1 Å². The zero-order valence-corrected chi connectivity index (χ0v) is 7.18. The fourth-order valence-electron chi connectivity index (χ4n) is 1.44. The topological polar surface area (TPSA) is 21.3 Å². The van der Waals surface area contributed by atoms with Crippen LogP contribution in [-0.4, -0.2) is 25.8 Å². The van der Waals surface area contributed by atoms with E-state index in [1.165, 1.54) is 0 Å². The molecule has 0 aromatic rings. The van der Waals surface area contributed by atoms with Crippen LogP contribution in [-0.2, 0) is 4.74 Å². The summed E-state index contributed by atoms with van der Waals surface area (Å²) in [5, 5.41) is 3.31. The van der Waals surface area contributed by atoms with Crippen LogP contribution < -0.4 is 5.32 Å².